The van der Waals surface area contributed by atoms with Crippen LogP contribution in [-0.2, 0) is 0 Å². The van der Waals surface area contributed by atoms with E-state index in [1.165, 1.54) is 25.7 Å². The average molecular weight is 242 g/mol. The molecule has 0 amide bonds. The monoisotopic (exact) mass is 241 g/mol. The van der Waals surface area contributed by atoms with E-state index in [0.717, 1.165) is 16.2 Å². The minimum atomic E-state index is 0.601. The van der Waals surface area contributed by atoms with Gasteiger partial charge in [-0.3, -0.25) is 0 Å². The lowest BCUT2D eigenvalue weighted by atomic mass is 9.91. The average Bonchev–Trinajstić information content (AvgIpc) is 2.17. The van der Waals surface area contributed by atoms with E-state index in [0.29, 0.717) is 5.15 Å². The molecule has 0 bridgehead atoms. The van der Waals surface area contributed by atoms with Crippen molar-refractivity contribution >= 4 is 23.4 Å². The molecular weight excluding hydrogens is 226 g/mol. The van der Waals surface area contributed by atoms with Crippen LogP contribution in [0.1, 0.15) is 32.6 Å². The van der Waals surface area contributed by atoms with Crippen molar-refractivity contribution in [3.63, 3.8) is 0 Å². The lowest BCUT2D eigenvalue weighted by Crippen LogP contribution is -2.15. The predicted molar refractivity (Wildman–Crippen MR) is 66.5 cm³/mol. The molecule has 1 fully saturated rings. The van der Waals surface area contributed by atoms with Crippen molar-refractivity contribution in [2.24, 2.45) is 5.92 Å². The normalized spacial score (nSPS) is 26.5. The molecule has 0 aliphatic heterocycles. The van der Waals surface area contributed by atoms with Crippen LogP contribution in [0, 0.1) is 5.92 Å². The lowest BCUT2D eigenvalue weighted by molar-refractivity contribution is 0.394. The van der Waals surface area contributed by atoms with Gasteiger partial charge in [-0.2, -0.15) is 0 Å². The second-order valence-corrected chi connectivity index (χ2v) is 6.02. The summed E-state index contributed by atoms with van der Waals surface area (Å²) in [6.45, 7) is 2.35. The third-order valence-corrected chi connectivity index (χ3v) is 4.31. The first-order valence-electron chi connectivity index (χ1n) is 5.53. The van der Waals surface area contributed by atoms with E-state index in [4.69, 9.17) is 11.6 Å². The summed E-state index contributed by atoms with van der Waals surface area (Å²) in [4.78, 5) is 4.32. The second-order valence-electron chi connectivity index (χ2n) is 4.31. The first-order valence-corrected chi connectivity index (χ1v) is 6.79. The smallest absolute Gasteiger partial charge is 0.130 e. The van der Waals surface area contributed by atoms with Crippen molar-refractivity contribution in [3.05, 3.63) is 23.4 Å². The van der Waals surface area contributed by atoms with Gasteiger partial charge in [0.25, 0.3) is 0 Å². The van der Waals surface area contributed by atoms with Crippen LogP contribution >= 0.6 is 23.4 Å². The fourth-order valence-corrected chi connectivity index (χ4v) is 3.68. The molecule has 2 unspecified atom stereocenters. The first kappa shape index (κ1) is 11.3. The quantitative estimate of drug-likeness (QED) is 0.712. The van der Waals surface area contributed by atoms with Gasteiger partial charge in [-0.15, -0.1) is 11.8 Å². The Bertz CT molecular complexity index is 329. The molecule has 1 aromatic rings. The van der Waals surface area contributed by atoms with E-state index in [1.54, 1.807) is 0 Å². The Hall–Kier alpha value is -0.210. The van der Waals surface area contributed by atoms with Crippen LogP contribution in [0.5, 0.6) is 0 Å². The number of halogens is 1. The highest BCUT2D eigenvalue weighted by Crippen LogP contribution is 2.35. The summed E-state index contributed by atoms with van der Waals surface area (Å²) >= 11 is 7.75. The van der Waals surface area contributed by atoms with Crippen LogP contribution in [-0.4, -0.2) is 10.2 Å². The maximum Gasteiger partial charge on any atom is 0.130 e. The molecule has 0 N–H and O–H groups in total. The fourth-order valence-electron chi connectivity index (χ4n) is 2.11. The summed E-state index contributed by atoms with van der Waals surface area (Å²) in [6.07, 6.45) is 5.39. The number of hydrogen-bond donors (Lipinski definition) is 0. The summed E-state index contributed by atoms with van der Waals surface area (Å²) in [5.41, 5.74) is 0. The number of rotatable bonds is 2. The molecule has 1 aliphatic rings. The van der Waals surface area contributed by atoms with Gasteiger partial charge in [0.1, 0.15) is 5.15 Å². The zero-order chi connectivity index (χ0) is 10.7. The molecule has 0 spiro atoms. The molecule has 1 aliphatic carbocycles. The van der Waals surface area contributed by atoms with Crippen molar-refractivity contribution < 1.29 is 0 Å². The lowest BCUT2D eigenvalue weighted by Gasteiger charge is -2.25. The largest absolute Gasteiger partial charge is 0.230 e. The molecule has 15 heavy (non-hydrogen) atoms. The van der Waals surface area contributed by atoms with Gasteiger partial charge in [-0.25, -0.2) is 4.98 Å². The van der Waals surface area contributed by atoms with Gasteiger partial charge in [0.2, 0.25) is 0 Å². The Morgan fingerprint density at radius 1 is 1.40 bits per heavy atom. The van der Waals surface area contributed by atoms with E-state index in [9.17, 15) is 0 Å². The molecule has 1 aromatic heterocycles. The van der Waals surface area contributed by atoms with Gasteiger partial charge < -0.3 is 0 Å². The Morgan fingerprint density at radius 2 is 2.27 bits per heavy atom. The molecule has 1 nitrogen and oxygen atoms in total. The van der Waals surface area contributed by atoms with Gasteiger partial charge in [-0.1, -0.05) is 37.4 Å². The highest BCUT2D eigenvalue weighted by Gasteiger charge is 2.20. The zero-order valence-electron chi connectivity index (χ0n) is 8.95. The SMILES string of the molecule is CC1CCCC(Sc2cccc(Cl)n2)C1. The molecule has 1 heterocycles. The van der Waals surface area contributed by atoms with Gasteiger partial charge in [0, 0.05) is 5.25 Å². The van der Waals surface area contributed by atoms with Crippen molar-refractivity contribution in [1.82, 2.24) is 4.98 Å². The Balaban J connectivity index is 1.96. The van der Waals surface area contributed by atoms with Crippen LogP contribution < -0.4 is 0 Å². The summed E-state index contributed by atoms with van der Waals surface area (Å²) < 4.78 is 0. The zero-order valence-corrected chi connectivity index (χ0v) is 10.5. The number of thioether (sulfide) groups is 1. The highest BCUT2D eigenvalue weighted by molar-refractivity contribution is 7.99. The fraction of sp³-hybridized carbons (Fsp3) is 0.583. The standard InChI is InChI=1S/C12H16ClNS/c1-9-4-2-5-10(8-9)15-12-7-3-6-11(13)14-12/h3,6-7,9-10H,2,4-5,8H2,1H3. The molecule has 0 saturated heterocycles. The van der Waals surface area contributed by atoms with E-state index in [2.05, 4.69) is 18.0 Å². The summed E-state index contributed by atoms with van der Waals surface area (Å²) in [5.74, 6) is 0.871. The van der Waals surface area contributed by atoms with Crippen molar-refractivity contribution in [2.75, 3.05) is 0 Å². The molecular formula is C12H16ClNS. The van der Waals surface area contributed by atoms with E-state index in [-0.39, 0.29) is 0 Å². The first-order chi connectivity index (χ1) is 7.24. The molecule has 0 aromatic carbocycles. The topological polar surface area (TPSA) is 12.9 Å². The minimum absolute atomic E-state index is 0.601. The molecule has 2 rings (SSSR count). The van der Waals surface area contributed by atoms with Crippen molar-refractivity contribution in [2.45, 2.75) is 42.9 Å². The van der Waals surface area contributed by atoms with Gasteiger partial charge in [-0.05, 0) is 30.9 Å². The Kier molecular flexibility index (Phi) is 3.92. The van der Waals surface area contributed by atoms with Gasteiger partial charge >= 0.3 is 0 Å². The maximum atomic E-state index is 5.87. The number of aromatic nitrogens is 1. The van der Waals surface area contributed by atoms with Crippen molar-refractivity contribution in [3.8, 4) is 0 Å². The molecule has 2 atom stereocenters. The number of hydrogen-bond acceptors (Lipinski definition) is 2. The summed E-state index contributed by atoms with van der Waals surface area (Å²) in [5, 5.41) is 2.41. The number of nitrogens with zero attached hydrogens (tertiary/aromatic N) is 1. The third kappa shape index (κ3) is 3.39. The van der Waals surface area contributed by atoms with Crippen LogP contribution in [0.2, 0.25) is 5.15 Å². The van der Waals surface area contributed by atoms with E-state index >= 15 is 0 Å². The maximum absolute atomic E-state index is 5.87. The molecule has 1 saturated carbocycles. The van der Waals surface area contributed by atoms with E-state index in [1.807, 2.05) is 23.9 Å². The molecule has 0 radical (unpaired) electrons. The van der Waals surface area contributed by atoms with Crippen LogP contribution in [0.15, 0.2) is 23.2 Å². The molecule has 3 heteroatoms. The van der Waals surface area contributed by atoms with Crippen LogP contribution in [0.3, 0.4) is 0 Å². The van der Waals surface area contributed by atoms with Crippen LogP contribution in [0.25, 0.3) is 0 Å². The minimum Gasteiger partial charge on any atom is -0.230 e. The van der Waals surface area contributed by atoms with Gasteiger partial charge in [0.15, 0.2) is 0 Å². The second kappa shape index (κ2) is 5.22. The summed E-state index contributed by atoms with van der Waals surface area (Å²) in [7, 11) is 0. The Morgan fingerprint density at radius 3 is 3.00 bits per heavy atom. The Labute approximate surface area is 101 Å². The van der Waals surface area contributed by atoms with E-state index < -0.39 is 0 Å². The summed E-state index contributed by atoms with van der Waals surface area (Å²) in [6, 6.07) is 5.86. The van der Waals surface area contributed by atoms with Crippen molar-refractivity contribution in [1.29, 1.82) is 0 Å². The van der Waals surface area contributed by atoms with Gasteiger partial charge in [0.05, 0.1) is 5.03 Å². The predicted octanol–water partition coefficient (Wildman–Crippen LogP) is 4.41. The van der Waals surface area contributed by atoms with Crippen LogP contribution in [0.4, 0.5) is 0 Å². The number of pyridine rings is 1. The molecule has 82 valence electrons. The third-order valence-electron chi connectivity index (χ3n) is 2.87. The highest BCUT2D eigenvalue weighted by atomic mass is 35.5.